The summed E-state index contributed by atoms with van der Waals surface area (Å²) in [6.45, 7) is 3.85. The summed E-state index contributed by atoms with van der Waals surface area (Å²) < 4.78 is 5.65. The topological polar surface area (TPSA) is 12.5 Å². The highest BCUT2D eigenvalue weighted by molar-refractivity contribution is 9.09. The van der Waals surface area contributed by atoms with Gasteiger partial charge in [0.05, 0.1) is 5.69 Å². The van der Waals surface area contributed by atoms with Gasteiger partial charge in [-0.15, -0.1) is 0 Å². The highest BCUT2D eigenvalue weighted by atomic mass is 79.9. The molecule has 0 aliphatic carbocycles. The molecule has 1 aliphatic heterocycles. The van der Waals surface area contributed by atoms with Crippen LogP contribution in [0.4, 0.5) is 5.69 Å². The minimum absolute atomic E-state index is 0.702. The average Bonchev–Trinajstić information content (AvgIpc) is 2.60. The first-order valence-electron chi connectivity index (χ1n) is 4.86. The van der Waals surface area contributed by atoms with Crippen molar-refractivity contribution in [3.05, 3.63) is 23.8 Å². The second kappa shape index (κ2) is 4.22. The number of hydrogen-bond donors (Lipinski definition) is 0. The molecule has 0 spiro atoms. The predicted octanol–water partition coefficient (Wildman–Crippen LogP) is 2.94. The number of ether oxygens (including phenoxy) is 1. The molecule has 0 unspecified atom stereocenters. The molecule has 0 bridgehead atoms. The van der Waals surface area contributed by atoms with Crippen LogP contribution in [0.15, 0.2) is 18.2 Å². The summed E-state index contributed by atoms with van der Waals surface area (Å²) in [7, 11) is 0. The SMILES string of the molecule is Cc1cccc2c1OCN2CCCBr. The van der Waals surface area contributed by atoms with Crippen molar-refractivity contribution < 1.29 is 4.74 Å². The van der Waals surface area contributed by atoms with E-state index in [1.54, 1.807) is 0 Å². The predicted molar refractivity (Wildman–Crippen MR) is 62.4 cm³/mol. The maximum absolute atomic E-state index is 5.65. The zero-order valence-corrected chi connectivity index (χ0v) is 9.88. The molecule has 14 heavy (non-hydrogen) atoms. The summed E-state index contributed by atoms with van der Waals surface area (Å²) in [5.41, 5.74) is 2.47. The summed E-state index contributed by atoms with van der Waals surface area (Å²) in [4.78, 5) is 2.28. The lowest BCUT2D eigenvalue weighted by molar-refractivity contribution is 0.344. The fourth-order valence-corrected chi connectivity index (χ4v) is 1.97. The Morgan fingerprint density at radius 3 is 3.14 bits per heavy atom. The number of alkyl halides is 1. The summed E-state index contributed by atoms with van der Waals surface area (Å²) >= 11 is 3.44. The van der Waals surface area contributed by atoms with Crippen molar-refractivity contribution in [1.82, 2.24) is 0 Å². The molecule has 0 saturated carbocycles. The molecule has 1 aromatic carbocycles. The van der Waals surface area contributed by atoms with Gasteiger partial charge in [-0.2, -0.15) is 0 Å². The van der Waals surface area contributed by atoms with E-state index in [9.17, 15) is 0 Å². The zero-order valence-electron chi connectivity index (χ0n) is 8.29. The summed E-state index contributed by atoms with van der Waals surface area (Å²) in [6, 6.07) is 6.31. The van der Waals surface area contributed by atoms with Crippen molar-refractivity contribution in [2.75, 3.05) is 23.5 Å². The van der Waals surface area contributed by atoms with Gasteiger partial charge in [-0.05, 0) is 25.0 Å². The van der Waals surface area contributed by atoms with Gasteiger partial charge >= 0.3 is 0 Å². The molecule has 1 aliphatic rings. The Morgan fingerprint density at radius 2 is 2.36 bits per heavy atom. The number of benzene rings is 1. The first-order chi connectivity index (χ1) is 6.83. The number of anilines is 1. The molecule has 0 radical (unpaired) electrons. The van der Waals surface area contributed by atoms with E-state index in [0.29, 0.717) is 6.73 Å². The van der Waals surface area contributed by atoms with Gasteiger partial charge in [-0.3, -0.25) is 0 Å². The Labute approximate surface area is 93.0 Å². The monoisotopic (exact) mass is 255 g/mol. The maximum atomic E-state index is 5.65. The van der Waals surface area contributed by atoms with E-state index in [0.717, 1.165) is 24.0 Å². The molecule has 0 aromatic heterocycles. The maximum Gasteiger partial charge on any atom is 0.161 e. The van der Waals surface area contributed by atoms with Crippen LogP contribution in [0.5, 0.6) is 5.75 Å². The number of aryl methyl sites for hydroxylation is 1. The molecular formula is C11H14BrNO. The number of para-hydroxylation sites is 1. The van der Waals surface area contributed by atoms with Crippen LogP contribution in [0.2, 0.25) is 0 Å². The van der Waals surface area contributed by atoms with Crippen LogP contribution in [-0.4, -0.2) is 18.6 Å². The first kappa shape index (κ1) is 9.84. The number of fused-ring (bicyclic) bond motifs is 1. The third-order valence-corrected chi connectivity index (χ3v) is 3.02. The lowest BCUT2D eigenvalue weighted by Gasteiger charge is -2.15. The second-order valence-corrected chi connectivity index (χ2v) is 4.30. The van der Waals surface area contributed by atoms with E-state index in [2.05, 4.69) is 46.0 Å². The Balaban J connectivity index is 2.18. The Hall–Kier alpha value is -0.700. The van der Waals surface area contributed by atoms with Gasteiger partial charge in [-0.25, -0.2) is 0 Å². The van der Waals surface area contributed by atoms with E-state index in [-0.39, 0.29) is 0 Å². The Morgan fingerprint density at radius 1 is 1.50 bits per heavy atom. The lowest BCUT2D eigenvalue weighted by atomic mass is 10.2. The van der Waals surface area contributed by atoms with Gasteiger partial charge in [-0.1, -0.05) is 28.1 Å². The fourth-order valence-electron chi connectivity index (χ4n) is 1.72. The smallest absolute Gasteiger partial charge is 0.161 e. The third kappa shape index (κ3) is 1.73. The molecule has 0 fully saturated rings. The van der Waals surface area contributed by atoms with Gasteiger partial charge in [0.25, 0.3) is 0 Å². The van der Waals surface area contributed by atoms with E-state index in [1.165, 1.54) is 11.3 Å². The van der Waals surface area contributed by atoms with E-state index >= 15 is 0 Å². The van der Waals surface area contributed by atoms with Gasteiger partial charge in [0.2, 0.25) is 0 Å². The van der Waals surface area contributed by atoms with Crippen molar-refractivity contribution >= 4 is 21.6 Å². The van der Waals surface area contributed by atoms with E-state index < -0.39 is 0 Å². The molecule has 0 saturated heterocycles. The van der Waals surface area contributed by atoms with E-state index in [1.807, 2.05) is 0 Å². The van der Waals surface area contributed by atoms with Gasteiger partial charge in [0.1, 0.15) is 5.75 Å². The Bertz CT molecular complexity index is 327. The molecule has 76 valence electrons. The number of halogens is 1. The largest absolute Gasteiger partial charge is 0.471 e. The van der Waals surface area contributed by atoms with Crippen molar-refractivity contribution in [3.8, 4) is 5.75 Å². The van der Waals surface area contributed by atoms with Crippen LogP contribution in [0, 0.1) is 6.92 Å². The summed E-state index contributed by atoms with van der Waals surface area (Å²) in [6.07, 6.45) is 1.15. The number of nitrogens with zero attached hydrogens (tertiary/aromatic N) is 1. The second-order valence-electron chi connectivity index (χ2n) is 3.50. The molecule has 2 rings (SSSR count). The molecule has 3 heteroatoms. The van der Waals surface area contributed by atoms with Crippen LogP contribution in [0.25, 0.3) is 0 Å². The first-order valence-corrected chi connectivity index (χ1v) is 5.98. The molecule has 0 amide bonds. The molecule has 0 atom stereocenters. The quantitative estimate of drug-likeness (QED) is 0.771. The average molecular weight is 256 g/mol. The standard InChI is InChI=1S/C11H14BrNO/c1-9-4-2-5-10-11(9)14-8-13(10)7-3-6-12/h2,4-5H,3,6-8H2,1H3. The third-order valence-electron chi connectivity index (χ3n) is 2.46. The van der Waals surface area contributed by atoms with Crippen LogP contribution >= 0.6 is 15.9 Å². The van der Waals surface area contributed by atoms with Gasteiger partial charge in [0, 0.05) is 11.9 Å². The normalized spacial score (nSPS) is 14.0. The highest BCUT2D eigenvalue weighted by Crippen LogP contribution is 2.36. The highest BCUT2D eigenvalue weighted by Gasteiger charge is 2.20. The molecular weight excluding hydrogens is 242 g/mol. The molecule has 0 N–H and O–H groups in total. The van der Waals surface area contributed by atoms with Gasteiger partial charge in [0.15, 0.2) is 6.73 Å². The van der Waals surface area contributed by atoms with Crippen LogP contribution in [0.1, 0.15) is 12.0 Å². The van der Waals surface area contributed by atoms with Crippen LogP contribution < -0.4 is 9.64 Å². The van der Waals surface area contributed by atoms with Crippen molar-refractivity contribution in [2.45, 2.75) is 13.3 Å². The summed E-state index contributed by atoms with van der Waals surface area (Å²) in [5, 5.41) is 1.05. The van der Waals surface area contributed by atoms with Crippen LogP contribution in [0.3, 0.4) is 0 Å². The molecule has 1 heterocycles. The number of rotatable bonds is 3. The lowest BCUT2D eigenvalue weighted by Crippen LogP contribution is -2.23. The number of hydrogen-bond acceptors (Lipinski definition) is 2. The van der Waals surface area contributed by atoms with E-state index in [4.69, 9.17) is 4.74 Å². The van der Waals surface area contributed by atoms with Gasteiger partial charge < -0.3 is 9.64 Å². The van der Waals surface area contributed by atoms with Crippen molar-refractivity contribution in [3.63, 3.8) is 0 Å². The molecule has 2 nitrogen and oxygen atoms in total. The zero-order chi connectivity index (χ0) is 9.97. The Kier molecular flexibility index (Phi) is 2.96. The molecule has 1 aromatic rings. The minimum atomic E-state index is 0.702. The van der Waals surface area contributed by atoms with Crippen molar-refractivity contribution in [1.29, 1.82) is 0 Å². The fraction of sp³-hybridized carbons (Fsp3) is 0.455. The minimum Gasteiger partial charge on any atom is -0.471 e. The summed E-state index contributed by atoms with van der Waals surface area (Å²) in [5.74, 6) is 1.06. The van der Waals surface area contributed by atoms with Crippen molar-refractivity contribution in [2.24, 2.45) is 0 Å². The van der Waals surface area contributed by atoms with Crippen LogP contribution in [-0.2, 0) is 0 Å².